The zero-order valence-electron chi connectivity index (χ0n) is 13.5. The number of nitrogens with two attached hydrogens (primary N) is 1. The standard InChI is InChI=1S/C19H22N2O3/c20-16(12-14-4-2-1-3-5-14)19(22)21-9-8-15-6-7-17-18(13-15)24-11-10-23-17/h1-7,13,16H,8-12,20H2,(H,21,22). The van der Waals surface area contributed by atoms with Crippen LogP contribution in [0.5, 0.6) is 11.5 Å². The van der Waals surface area contributed by atoms with Crippen molar-refractivity contribution in [2.75, 3.05) is 19.8 Å². The van der Waals surface area contributed by atoms with Gasteiger partial charge in [0.05, 0.1) is 6.04 Å². The molecule has 24 heavy (non-hydrogen) atoms. The normalized spacial score (nSPS) is 14.0. The molecule has 0 saturated heterocycles. The molecule has 1 atom stereocenters. The summed E-state index contributed by atoms with van der Waals surface area (Å²) >= 11 is 0. The van der Waals surface area contributed by atoms with Crippen molar-refractivity contribution in [3.8, 4) is 11.5 Å². The Morgan fingerprint density at radius 3 is 2.58 bits per heavy atom. The fourth-order valence-corrected chi connectivity index (χ4v) is 2.67. The molecule has 0 aliphatic carbocycles. The highest BCUT2D eigenvalue weighted by Crippen LogP contribution is 2.30. The average molecular weight is 326 g/mol. The summed E-state index contributed by atoms with van der Waals surface area (Å²) in [6.07, 6.45) is 1.26. The Balaban J connectivity index is 1.46. The third-order valence-electron chi connectivity index (χ3n) is 3.95. The Hall–Kier alpha value is -2.53. The summed E-state index contributed by atoms with van der Waals surface area (Å²) in [7, 11) is 0. The van der Waals surface area contributed by atoms with E-state index in [9.17, 15) is 4.79 Å². The van der Waals surface area contributed by atoms with E-state index in [-0.39, 0.29) is 5.91 Å². The maximum absolute atomic E-state index is 12.1. The highest BCUT2D eigenvalue weighted by Gasteiger charge is 2.14. The van der Waals surface area contributed by atoms with Crippen LogP contribution in [0, 0.1) is 0 Å². The van der Waals surface area contributed by atoms with E-state index < -0.39 is 6.04 Å². The lowest BCUT2D eigenvalue weighted by Gasteiger charge is -2.19. The van der Waals surface area contributed by atoms with E-state index in [1.807, 2.05) is 48.5 Å². The number of hydrogen-bond donors (Lipinski definition) is 2. The molecule has 0 aromatic heterocycles. The number of nitrogens with one attached hydrogen (secondary N) is 1. The van der Waals surface area contributed by atoms with Crippen LogP contribution in [0.15, 0.2) is 48.5 Å². The SMILES string of the molecule is NC(Cc1ccccc1)C(=O)NCCc1ccc2c(c1)OCCO2. The van der Waals surface area contributed by atoms with E-state index in [0.717, 1.165) is 29.0 Å². The first kappa shape index (κ1) is 16.3. The minimum atomic E-state index is -0.535. The monoisotopic (exact) mass is 326 g/mol. The predicted molar refractivity (Wildman–Crippen MR) is 92.3 cm³/mol. The first-order valence-electron chi connectivity index (χ1n) is 8.18. The van der Waals surface area contributed by atoms with Crippen LogP contribution in [-0.2, 0) is 17.6 Å². The number of amides is 1. The zero-order chi connectivity index (χ0) is 16.8. The summed E-state index contributed by atoms with van der Waals surface area (Å²) in [6.45, 7) is 1.70. The van der Waals surface area contributed by atoms with E-state index in [1.54, 1.807) is 0 Å². The number of benzene rings is 2. The molecule has 1 unspecified atom stereocenters. The number of carbonyl (C=O) groups is 1. The topological polar surface area (TPSA) is 73.6 Å². The summed E-state index contributed by atoms with van der Waals surface area (Å²) in [6, 6.07) is 15.1. The summed E-state index contributed by atoms with van der Waals surface area (Å²) in [5.41, 5.74) is 8.13. The van der Waals surface area contributed by atoms with Gasteiger partial charge in [-0.2, -0.15) is 0 Å². The molecule has 1 amide bonds. The number of ether oxygens (including phenoxy) is 2. The smallest absolute Gasteiger partial charge is 0.237 e. The second kappa shape index (κ2) is 7.84. The van der Waals surface area contributed by atoms with Gasteiger partial charge in [0.25, 0.3) is 0 Å². The summed E-state index contributed by atoms with van der Waals surface area (Å²) in [5, 5.41) is 2.90. The minimum Gasteiger partial charge on any atom is -0.486 e. The molecule has 1 heterocycles. The van der Waals surface area contributed by atoms with Gasteiger partial charge in [-0.1, -0.05) is 36.4 Å². The van der Waals surface area contributed by atoms with E-state index >= 15 is 0 Å². The Labute approximate surface area is 141 Å². The van der Waals surface area contributed by atoms with Crippen LogP contribution >= 0.6 is 0 Å². The Bertz CT molecular complexity index is 688. The van der Waals surface area contributed by atoms with Gasteiger partial charge in [0.2, 0.25) is 5.91 Å². The zero-order valence-corrected chi connectivity index (χ0v) is 13.5. The lowest BCUT2D eigenvalue weighted by atomic mass is 10.1. The van der Waals surface area contributed by atoms with Crippen molar-refractivity contribution in [1.82, 2.24) is 5.32 Å². The Kier molecular flexibility index (Phi) is 5.33. The summed E-state index contributed by atoms with van der Waals surface area (Å²) in [5.74, 6) is 1.42. The number of rotatable bonds is 6. The van der Waals surface area contributed by atoms with Crippen LogP contribution in [-0.4, -0.2) is 31.7 Å². The minimum absolute atomic E-state index is 0.128. The van der Waals surface area contributed by atoms with Gasteiger partial charge in [0, 0.05) is 6.54 Å². The summed E-state index contributed by atoms with van der Waals surface area (Å²) in [4.78, 5) is 12.1. The van der Waals surface area contributed by atoms with Crippen LogP contribution in [0.3, 0.4) is 0 Å². The van der Waals surface area contributed by atoms with Crippen molar-refractivity contribution in [2.24, 2.45) is 5.73 Å². The maximum atomic E-state index is 12.1. The van der Waals surface area contributed by atoms with Gasteiger partial charge >= 0.3 is 0 Å². The third-order valence-corrected chi connectivity index (χ3v) is 3.95. The molecule has 0 bridgehead atoms. The average Bonchev–Trinajstić information content (AvgIpc) is 2.62. The van der Waals surface area contributed by atoms with Crippen LogP contribution in [0.4, 0.5) is 0 Å². The van der Waals surface area contributed by atoms with E-state index in [2.05, 4.69) is 5.32 Å². The molecule has 5 heteroatoms. The molecule has 126 valence electrons. The van der Waals surface area contributed by atoms with Crippen LogP contribution < -0.4 is 20.5 Å². The van der Waals surface area contributed by atoms with Gasteiger partial charge in [0.15, 0.2) is 11.5 Å². The molecule has 3 N–H and O–H groups in total. The maximum Gasteiger partial charge on any atom is 0.237 e. The van der Waals surface area contributed by atoms with E-state index in [1.165, 1.54) is 0 Å². The molecule has 0 saturated carbocycles. The van der Waals surface area contributed by atoms with Gasteiger partial charge in [-0.05, 0) is 36.1 Å². The largest absolute Gasteiger partial charge is 0.486 e. The number of carbonyl (C=O) groups excluding carboxylic acids is 1. The van der Waals surface area contributed by atoms with Crippen molar-refractivity contribution in [1.29, 1.82) is 0 Å². The van der Waals surface area contributed by atoms with E-state index in [0.29, 0.717) is 26.2 Å². The third kappa shape index (κ3) is 4.26. The fraction of sp³-hybridized carbons (Fsp3) is 0.316. The van der Waals surface area contributed by atoms with Crippen LogP contribution in [0.25, 0.3) is 0 Å². The number of fused-ring (bicyclic) bond motifs is 1. The van der Waals surface area contributed by atoms with Gasteiger partial charge < -0.3 is 20.5 Å². The fourth-order valence-electron chi connectivity index (χ4n) is 2.67. The molecule has 3 rings (SSSR count). The van der Waals surface area contributed by atoms with Crippen molar-refractivity contribution >= 4 is 5.91 Å². The molecule has 2 aromatic carbocycles. The molecule has 0 radical (unpaired) electrons. The van der Waals surface area contributed by atoms with Crippen molar-refractivity contribution in [3.05, 3.63) is 59.7 Å². The highest BCUT2D eigenvalue weighted by molar-refractivity contribution is 5.81. The molecular weight excluding hydrogens is 304 g/mol. The second-order valence-corrected chi connectivity index (χ2v) is 5.82. The Morgan fingerprint density at radius 1 is 1.04 bits per heavy atom. The number of hydrogen-bond acceptors (Lipinski definition) is 4. The second-order valence-electron chi connectivity index (χ2n) is 5.82. The van der Waals surface area contributed by atoms with Crippen molar-refractivity contribution in [3.63, 3.8) is 0 Å². The predicted octanol–water partition coefficient (Wildman–Crippen LogP) is 1.69. The van der Waals surface area contributed by atoms with Gasteiger partial charge in [-0.3, -0.25) is 4.79 Å². The highest BCUT2D eigenvalue weighted by atomic mass is 16.6. The van der Waals surface area contributed by atoms with Crippen LogP contribution in [0.1, 0.15) is 11.1 Å². The molecule has 0 spiro atoms. The molecule has 0 fully saturated rings. The van der Waals surface area contributed by atoms with Gasteiger partial charge in [-0.25, -0.2) is 0 Å². The van der Waals surface area contributed by atoms with E-state index in [4.69, 9.17) is 15.2 Å². The molecule has 5 nitrogen and oxygen atoms in total. The first-order chi connectivity index (χ1) is 11.7. The van der Waals surface area contributed by atoms with Crippen LogP contribution in [0.2, 0.25) is 0 Å². The Morgan fingerprint density at radius 2 is 1.79 bits per heavy atom. The van der Waals surface area contributed by atoms with Crippen molar-refractivity contribution in [2.45, 2.75) is 18.9 Å². The summed E-state index contributed by atoms with van der Waals surface area (Å²) < 4.78 is 11.1. The lowest BCUT2D eigenvalue weighted by Crippen LogP contribution is -2.42. The molecule has 1 aliphatic heterocycles. The van der Waals surface area contributed by atoms with Gasteiger partial charge in [0.1, 0.15) is 13.2 Å². The first-order valence-corrected chi connectivity index (χ1v) is 8.18. The molecule has 2 aromatic rings. The lowest BCUT2D eigenvalue weighted by molar-refractivity contribution is -0.122. The molecular formula is C19H22N2O3. The quantitative estimate of drug-likeness (QED) is 0.847. The van der Waals surface area contributed by atoms with Gasteiger partial charge in [-0.15, -0.1) is 0 Å². The molecule has 1 aliphatic rings. The van der Waals surface area contributed by atoms with Crippen molar-refractivity contribution < 1.29 is 14.3 Å².